The topological polar surface area (TPSA) is 35.6 Å². The Morgan fingerprint density at radius 3 is 0.964 bits per heavy atom. The van der Waals surface area contributed by atoms with Crippen LogP contribution in [0, 0.1) is 0 Å². The summed E-state index contributed by atoms with van der Waals surface area (Å²) < 4.78 is 5.32. The highest BCUT2D eigenvalue weighted by atomic mass is 15.0. The lowest BCUT2D eigenvalue weighted by atomic mass is 9.34. The highest BCUT2D eigenvalue weighted by Gasteiger charge is 2.43. The van der Waals surface area contributed by atoms with Gasteiger partial charge in [-0.15, -0.1) is 0 Å². The van der Waals surface area contributed by atoms with Gasteiger partial charge in [0.15, 0.2) is 5.82 Å². The third-order valence-corrected chi connectivity index (χ3v) is 18.7. The second-order valence-corrected chi connectivity index (χ2v) is 33.4. The Morgan fingerprint density at radius 1 is 0.313 bits per heavy atom. The van der Waals surface area contributed by atoms with Gasteiger partial charge in [0.1, 0.15) is 0 Å². The minimum absolute atomic E-state index is 0.0328. The monoisotopic (exact) mass is 1090 g/mol. The largest absolute Gasteiger partial charge is 0.310 e. The molecule has 7 aromatic carbocycles. The summed E-state index contributed by atoms with van der Waals surface area (Å²) in [5, 5.41) is 5.35. The van der Waals surface area contributed by atoms with Crippen LogP contribution in [-0.4, -0.2) is 25.8 Å². The lowest BCUT2D eigenvalue weighted by molar-refractivity contribution is 0.568. The van der Waals surface area contributed by atoms with E-state index in [9.17, 15) is 0 Å². The molecule has 0 radical (unpaired) electrons. The predicted molar refractivity (Wildman–Crippen MR) is 361 cm³/mol. The average molecular weight is 1100 g/mol. The van der Waals surface area contributed by atoms with Crippen LogP contribution in [0.15, 0.2) is 115 Å². The quantitative estimate of drug-likeness (QED) is 0.165. The molecule has 0 amide bonds. The summed E-state index contributed by atoms with van der Waals surface area (Å²) in [5.74, 6) is 0.721. The van der Waals surface area contributed by atoms with E-state index >= 15 is 0 Å². The van der Waals surface area contributed by atoms with Crippen molar-refractivity contribution in [1.82, 2.24) is 19.1 Å². The summed E-state index contributed by atoms with van der Waals surface area (Å²) in [6.07, 6.45) is 0. The summed E-state index contributed by atoms with van der Waals surface area (Å²) in [5.41, 5.74) is 26.6. The van der Waals surface area contributed by atoms with Crippen LogP contribution in [0.5, 0.6) is 0 Å². The van der Waals surface area contributed by atoms with Crippen LogP contribution in [0.3, 0.4) is 0 Å². The molecule has 2 aliphatic rings. The molecular weight excluding hydrogens is 1000 g/mol. The second kappa shape index (κ2) is 17.9. The molecule has 3 aromatic heterocycles. The van der Waals surface area contributed by atoms with Gasteiger partial charge in [0, 0.05) is 60.6 Å². The Labute approximate surface area is 497 Å². The zero-order chi connectivity index (χ0) is 60.2. The molecule has 0 unspecified atom stereocenters. The molecule has 0 bridgehead atoms. The fourth-order valence-electron chi connectivity index (χ4n) is 13.5. The lowest BCUT2D eigenvalue weighted by Crippen LogP contribution is -2.59. The fourth-order valence-corrected chi connectivity index (χ4v) is 13.5. The summed E-state index contributed by atoms with van der Waals surface area (Å²) in [4.78, 5) is 11.8. The van der Waals surface area contributed by atoms with Crippen molar-refractivity contribution < 1.29 is 0 Å². The molecule has 4 nitrogen and oxygen atoms in total. The second-order valence-electron chi connectivity index (χ2n) is 33.4. The van der Waals surface area contributed by atoms with Crippen molar-refractivity contribution >= 4 is 66.7 Å². The molecule has 426 valence electrons. The van der Waals surface area contributed by atoms with Gasteiger partial charge < -0.3 is 9.13 Å². The molecule has 5 heteroatoms. The maximum absolute atomic E-state index is 5.88. The van der Waals surface area contributed by atoms with Crippen LogP contribution >= 0.6 is 0 Å². The summed E-state index contributed by atoms with van der Waals surface area (Å²) in [7, 11) is 0. The third kappa shape index (κ3) is 9.23. The molecule has 0 atom stereocenters. The van der Waals surface area contributed by atoms with Crippen molar-refractivity contribution in [3.8, 4) is 45.3 Å². The van der Waals surface area contributed by atoms with Crippen LogP contribution < -0.4 is 16.4 Å². The molecule has 0 spiro atoms. The van der Waals surface area contributed by atoms with Crippen molar-refractivity contribution in [2.45, 2.75) is 209 Å². The Morgan fingerprint density at radius 2 is 0.651 bits per heavy atom. The molecule has 5 heterocycles. The van der Waals surface area contributed by atoms with E-state index in [0.29, 0.717) is 0 Å². The van der Waals surface area contributed by atoms with Crippen LogP contribution in [0.25, 0.3) is 88.9 Å². The molecular formula is C78H91BN4. The van der Waals surface area contributed by atoms with Crippen LogP contribution in [-0.2, 0) is 43.3 Å². The average Bonchev–Trinajstić information content (AvgIpc) is 1.88. The molecule has 10 aromatic rings. The number of hydrogen-bond donors (Lipinski definition) is 0. The molecule has 0 aliphatic carbocycles. The smallest absolute Gasteiger partial charge is 0.252 e. The normalized spacial score (nSPS) is 14.2. The highest BCUT2D eigenvalue weighted by Crippen LogP contribution is 2.47. The summed E-state index contributed by atoms with van der Waals surface area (Å²) in [6, 6.07) is 46.3. The first-order chi connectivity index (χ1) is 38.2. The van der Waals surface area contributed by atoms with E-state index in [1.807, 2.05) is 0 Å². The number of hydrogen-bond acceptors (Lipinski definition) is 2. The van der Waals surface area contributed by atoms with Crippen molar-refractivity contribution in [3.63, 3.8) is 0 Å². The number of aromatic nitrogens is 4. The van der Waals surface area contributed by atoms with E-state index in [-0.39, 0.29) is 50.0 Å². The highest BCUT2D eigenvalue weighted by molar-refractivity contribution is 7.00. The molecule has 83 heavy (non-hydrogen) atoms. The van der Waals surface area contributed by atoms with Gasteiger partial charge in [0.25, 0.3) is 6.71 Å². The van der Waals surface area contributed by atoms with E-state index in [1.54, 1.807) is 0 Å². The minimum Gasteiger partial charge on any atom is -0.310 e. The minimum atomic E-state index is -0.118. The first-order valence-corrected chi connectivity index (χ1v) is 30.8. The van der Waals surface area contributed by atoms with Gasteiger partial charge in [-0.05, 0) is 171 Å². The van der Waals surface area contributed by atoms with E-state index in [2.05, 4.69) is 291 Å². The maximum atomic E-state index is 5.88. The lowest BCUT2D eigenvalue weighted by Gasteiger charge is -2.35. The Balaban J connectivity index is 1.28. The van der Waals surface area contributed by atoms with Crippen LogP contribution in [0.1, 0.15) is 211 Å². The molecule has 0 fully saturated rings. The molecule has 0 saturated carbocycles. The first-order valence-electron chi connectivity index (χ1n) is 30.8. The number of fused-ring (bicyclic) bond motifs is 10. The maximum Gasteiger partial charge on any atom is 0.252 e. The van der Waals surface area contributed by atoms with Gasteiger partial charge in [-0.3, -0.25) is 0 Å². The van der Waals surface area contributed by atoms with Gasteiger partial charge in [0.05, 0.1) is 22.4 Å². The van der Waals surface area contributed by atoms with E-state index < -0.39 is 0 Å². The summed E-state index contributed by atoms with van der Waals surface area (Å²) in [6.45, 7) is 56.3. The Bertz CT molecular complexity index is 4040. The number of benzene rings is 7. The van der Waals surface area contributed by atoms with Crippen molar-refractivity contribution in [2.24, 2.45) is 0 Å². The van der Waals surface area contributed by atoms with Gasteiger partial charge in [-0.1, -0.05) is 215 Å². The van der Waals surface area contributed by atoms with Gasteiger partial charge in [-0.2, -0.15) is 0 Å². The number of nitrogens with zero attached hydrogens (tertiary/aromatic N) is 4. The first kappa shape index (κ1) is 56.8. The van der Waals surface area contributed by atoms with Crippen LogP contribution in [0.4, 0.5) is 0 Å². The fraction of sp³-hybridized carbons (Fsp3) is 0.410. The SMILES string of the molecule is CC(C)(C)c1cc(-c2cc(-c3cc(C(C)(C)C)cc(C(C)(C)C)c3)nc(-c3cc4c5c(c3)-n3c6ccc(C(C)(C)C)cc6c6c(C(C)(C)C)ccc(c63)B5c3ccc(C(C)(C)C)c5c6cc(C(C)(C)C)ccc6n-4c35)n2)cc(C(C)(C)C)c1. The molecule has 2 aliphatic heterocycles. The van der Waals surface area contributed by atoms with Crippen molar-refractivity contribution in [2.75, 3.05) is 0 Å². The third-order valence-electron chi connectivity index (χ3n) is 18.7. The van der Waals surface area contributed by atoms with Gasteiger partial charge >= 0.3 is 0 Å². The molecule has 0 N–H and O–H groups in total. The number of rotatable bonds is 3. The molecule has 12 rings (SSSR count). The van der Waals surface area contributed by atoms with Crippen molar-refractivity contribution in [3.05, 3.63) is 160 Å². The zero-order valence-electron chi connectivity index (χ0n) is 54.8. The van der Waals surface area contributed by atoms with E-state index in [1.165, 1.54) is 116 Å². The Hall–Kier alpha value is -6.72. The van der Waals surface area contributed by atoms with E-state index in [4.69, 9.17) is 9.97 Å². The molecule has 0 saturated heterocycles. The standard InChI is InChI=1S/C78H91BN4/c1-71(2,3)47-25-31-61-53(41-47)65-55(77(19,20)21)27-29-57-68(65)82(61)63-37-46(38-64-67(63)79(57)58-30-28-56(78(22,23)24)66-54-42-48(72(4,5)6)26-32-62(54)83(64)69(58)66)70-80-59(44-33-49(73(7,8)9)39-50(34-44)74(10,11)12)43-60(81-70)45-35-51(75(13,14)15)40-52(36-45)76(16,17)18/h25-43H,1-24H3. The van der Waals surface area contributed by atoms with Gasteiger partial charge in [0.2, 0.25) is 0 Å². The van der Waals surface area contributed by atoms with E-state index in [0.717, 1.165) is 33.9 Å². The Kier molecular flexibility index (Phi) is 12.2. The van der Waals surface area contributed by atoms with Crippen LogP contribution in [0.2, 0.25) is 0 Å². The zero-order valence-corrected chi connectivity index (χ0v) is 54.8. The van der Waals surface area contributed by atoms with Gasteiger partial charge in [-0.25, -0.2) is 9.97 Å². The van der Waals surface area contributed by atoms with Crippen molar-refractivity contribution in [1.29, 1.82) is 0 Å². The predicted octanol–water partition coefficient (Wildman–Crippen LogP) is 19.2. The summed E-state index contributed by atoms with van der Waals surface area (Å²) >= 11 is 0.